The van der Waals surface area contributed by atoms with E-state index in [0.717, 1.165) is 25.1 Å². The maximum Gasteiger partial charge on any atom is 0.0476 e. The van der Waals surface area contributed by atoms with Gasteiger partial charge in [0.2, 0.25) is 0 Å². The van der Waals surface area contributed by atoms with Crippen molar-refractivity contribution in [3.8, 4) is 0 Å². The Kier molecular flexibility index (Phi) is 3.71. The SMILES string of the molecule is CS(=O)CCNC1CCCc2c1[nH]c1ccccc21. The maximum absolute atomic E-state index is 11.1. The van der Waals surface area contributed by atoms with Gasteiger partial charge >= 0.3 is 0 Å². The van der Waals surface area contributed by atoms with Crippen LogP contribution in [0.2, 0.25) is 0 Å². The van der Waals surface area contributed by atoms with Gasteiger partial charge in [-0.15, -0.1) is 0 Å². The lowest BCUT2D eigenvalue weighted by Crippen LogP contribution is -2.28. The third kappa shape index (κ3) is 2.60. The van der Waals surface area contributed by atoms with Crippen molar-refractivity contribution in [3.63, 3.8) is 0 Å². The van der Waals surface area contributed by atoms with Crippen LogP contribution in [0.25, 0.3) is 10.9 Å². The molecule has 3 nitrogen and oxygen atoms in total. The average molecular weight is 276 g/mol. The van der Waals surface area contributed by atoms with Gasteiger partial charge in [-0.1, -0.05) is 18.2 Å². The highest BCUT2D eigenvalue weighted by Gasteiger charge is 2.23. The van der Waals surface area contributed by atoms with E-state index in [2.05, 4.69) is 34.6 Å². The molecule has 2 unspecified atom stereocenters. The lowest BCUT2D eigenvalue weighted by molar-refractivity contribution is 0.465. The Morgan fingerprint density at radius 3 is 3.11 bits per heavy atom. The molecule has 3 rings (SSSR count). The van der Waals surface area contributed by atoms with Crippen molar-refractivity contribution in [3.05, 3.63) is 35.5 Å². The summed E-state index contributed by atoms with van der Waals surface area (Å²) in [7, 11) is -0.715. The van der Waals surface area contributed by atoms with Crippen molar-refractivity contribution >= 4 is 21.7 Å². The molecule has 0 saturated heterocycles. The van der Waals surface area contributed by atoms with Crippen molar-refractivity contribution in [1.29, 1.82) is 0 Å². The van der Waals surface area contributed by atoms with Gasteiger partial charge in [0.25, 0.3) is 0 Å². The van der Waals surface area contributed by atoms with Crippen LogP contribution in [0.3, 0.4) is 0 Å². The number of aryl methyl sites for hydroxylation is 1. The summed E-state index contributed by atoms with van der Waals surface area (Å²) in [6.07, 6.45) is 5.31. The van der Waals surface area contributed by atoms with Crippen molar-refractivity contribution in [1.82, 2.24) is 10.3 Å². The first-order valence-corrected chi connectivity index (χ1v) is 8.61. The van der Waals surface area contributed by atoms with Crippen LogP contribution in [0, 0.1) is 0 Å². The number of H-pyrrole nitrogens is 1. The van der Waals surface area contributed by atoms with Crippen molar-refractivity contribution in [2.24, 2.45) is 0 Å². The molecule has 0 saturated carbocycles. The molecule has 0 amide bonds. The summed E-state index contributed by atoms with van der Waals surface area (Å²) in [6, 6.07) is 8.92. The normalized spacial score (nSPS) is 20.4. The monoisotopic (exact) mass is 276 g/mol. The molecule has 4 heteroatoms. The minimum absolute atomic E-state index is 0.389. The zero-order chi connectivity index (χ0) is 13.2. The molecular formula is C15H20N2OS. The number of aromatic nitrogens is 1. The Morgan fingerprint density at radius 2 is 2.26 bits per heavy atom. The molecule has 19 heavy (non-hydrogen) atoms. The van der Waals surface area contributed by atoms with E-state index in [-0.39, 0.29) is 0 Å². The third-order valence-corrected chi connectivity index (χ3v) is 4.67. The summed E-state index contributed by atoms with van der Waals surface area (Å²) in [6.45, 7) is 0.822. The van der Waals surface area contributed by atoms with E-state index in [4.69, 9.17) is 0 Å². The highest BCUT2D eigenvalue weighted by molar-refractivity contribution is 7.84. The topological polar surface area (TPSA) is 44.9 Å². The van der Waals surface area contributed by atoms with E-state index in [1.54, 1.807) is 6.26 Å². The number of hydrogen-bond acceptors (Lipinski definition) is 2. The molecule has 1 aromatic heterocycles. The Labute approximate surface area is 116 Å². The summed E-state index contributed by atoms with van der Waals surface area (Å²) in [5.41, 5.74) is 4.05. The molecule has 2 aromatic rings. The first-order chi connectivity index (χ1) is 9.25. The molecule has 0 aliphatic heterocycles. The lowest BCUT2D eigenvalue weighted by atomic mass is 9.92. The minimum atomic E-state index is -0.715. The first-order valence-electron chi connectivity index (χ1n) is 6.88. The summed E-state index contributed by atoms with van der Waals surface area (Å²) < 4.78 is 11.1. The summed E-state index contributed by atoms with van der Waals surface area (Å²) in [5.74, 6) is 0.728. The molecular weight excluding hydrogens is 256 g/mol. The van der Waals surface area contributed by atoms with Gasteiger partial charge in [0, 0.05) is 52.0 Å². The van der Waals surface area contributed by atoms with Crippen LogP contribution in [-0.4, -0.2) is 27.7 Å². The van der Waals surface area contributed by atoms with E-state index in [1.165, 1.54) is 28.6 Å². The second-order valence-electron chi connectivity index (χ2n) is 5.24. The molecule has 2 N–H and O–H groups in total. The van der Waals surface area contributed by atoms with Crippen molar-refractivity contribution < 1.29 is 4.21 Å². The first kappa shape index (κ1) is 12.9. The number of rotatable bonds is 4. The number of para-hydroxylation sites is 1. The standard InChI is InChI=1S/C15H20N2OS/c1-19(18)10-9-16-14-8-4-6-12-11-5-2-3-7-13(11)17-15(12)14/h2-3,5,7,14,16-17H,4,6,8-10H2,1H3. The number of hydrogen-bond donors (Lipinski definition) is 2. The largest absolute Gasteiger partial charge is 0.357 e. The third-order valence-electron chi connectivity index (χ3n) is 3.89. The minimum Gasteiger partial charge on any atom is -0.357 e. The highest BCUT2D eigenvalue weighted by atomic mass is 32.2. The summed E-state index contributed by atoms with van der Waals surface area (Å²) in [5, 5.41) is 4.91. The lowest BCUT2D eigenvalue weighted by Gasteiger charge is -2.23. The molecule has 0 fully saturated rings. The van der Waals surface area contributed by atoms with E-state index in [9.17, 15) is 4.21 Å². The molecule has 102 valence electrons. The predicted molar refractivity (Wildman–Crippen MR) is 80.9 cm³/mol. The van der Waals surface area contributed by atoms with Crippen LogP contribution in [0.1, 0.15) is 30.1 Å². The second-order valence-corrected chi connectivity index (χ2v) is 6.79. The predicted octanol–water partition coefficient (Wildman–Crippen LogP) is 2.51. The van der Waals surface area contributed by atoms with Crippen LogP contribution in [-0.2, 0) is 17.2 Å². The number of nitrogens with one attached hydrogen (secondary N) is 2. The molecule has 0 spiro atoms. The maximum atomic E-state index is 11.1. The Bertz CT molecular complexity index is 605. The molecule has 1 aliphatic carbocycles. The fourth-order valence-electron chi connectivity index (χ4n) is 3.00. The van der Waals surface area contributed by atoms with E-state index < -0.39 is 10.8 Å². The van der Waals surface area contributed by atoms with E-state index in [0.29, 0.717) is 6.04 Å². The zero-order valence-corrected chi connectivity index (χ0v) is 12.1. The van der Waals surface area contributed by atoms with Crippen molar-refractivity contribution in [2.45, 2.75) is 25.3 Å². The smallest absolute Gasteiger partial charge is 0.0476 e. The summed E-state index contributed by atoms with van der Waals surface area (Å²) in [4.78, 5) is 3.57. The average Bonchev–Trinajstić information content (AvgIpc) is 2.78. The van der Waals surface area contributed by atoms with Gasteiger partial charge in [0.15, 0.2) is 0 Å². The molecule has 0 bridgehead atoms. The van der Waals surface area contributed by atoms with Gasteiger partial charge in [-0.05, 0) is 30.9 Å². The van der Waals surface area contributed by atoms with Gasteiger partial charge in [-0.2, -0.15) is 0 Å². The van der Waals surface area contributed by atoms with Crippen LogP contribution in [0.5, 0.6) is 0 Å². The molecule has 1 aromatic carbocycles. The van der Waals surface area contributed by atoms with Crippen molar-refractivity contribution in [2.75, 3.05) is 18.6 Å². The number of aromatic amines is 1. The van der Waals surface area contributed by atoms with E-state index >= 15 is 0 Å². The van der Waals surface area contributed by atoms with Crippen LogP contribution >= 0.6 is 0 Å². The molecule has 1 heterocycles. The van der Waals surface area contributed by atoms with Gasteiger partial charge in [0.1, 0.15) is 0 Å². The fraction of sp³-hybridized carbons (Fsp3) is 0.467. The molecule has 1 aliphatic rings. The Balaban J connectivity index is 1.85. The van der Waals surface area contributed by atoms with Crippen LogP contribution in [0.15, 0.2) is 24.3 Å². The van der Waals surface area contributed by atoms with Crippen LogP contribution in [0.4, 0.5) is 0 Å². The number of benzene rings is 1. The highest BCUT2D eigenvalue weighted by Crippen LogP contribution is 2.34. The Hall–Kier alpha value is -1.13. The van der Waals surface area contributed by atoms with E-state index in [1.807, 2.05) is 0 Å². The molecule has 0 radical (unpaired) electrons. The van der Waals surface area contributed by atoms with Crippen LogP contribution < -0.4 is 5.32 Å². The van der Waals surface area contributed by atoms with Gasteiger partial charge in [-0.3, -0.25) is 4.21 Å². The summed E-state index contributed by atoms with van der Waals surface area (Å²) >= 11 is 0. The van der Waals surface area contributed by atoms with Gasteiger partial charge in [0.05, 0.1) is 0 Å². The quantitative estimate of drug-likeness (QED) is 0.901. The van der Waals surface area contributed by atoms with Gasteiger partial charge < -0.3 is 10.3 Å². The number of fused-ring (bicyclic) bond motifs is 3. The fourth-order valence-corrected chi connectivity index (χ4v) is 3.40. The zero-order valence-electron chi connectivity index (χ0n) is 11.2. The Morgan fingerprint density at radius 1 is 1.42 bits per heavy atom. The second kappa shape index (κ2) is 5.47. The van der Waals surface area contributed by atoms with Gasteiger partial charge in [-0.25, -0.2) is 0 Å². The molecule has 2 atom stereocenters.